The molecule has 0 aliphatic heterocycles. The van der Waals surface area contributed by atoms with E-state index in [-0.39, 0.29) is 0 Å². The van der Waals surface area contributed by atoms with Crippen molar-refractivity contribution in [3.63, 3.8) is 0 Å². The van der Waals surface area contributed by atoms with Gasteiger partial charge in [-0.1, -0.05) is 6.07 Å². The van der Waals surface area contributed by atoms with Crippen molar-refractivity contribution in [1.29, 1.82) is 0 Å². The summed E-state index contributed by atoms with van der Waals surface area (Å²) in [4.78, 5) is 10.2. The summed E-state index contributed by atoms with van der Waals surface area (Å²) >= 11 is 0. The lowest BCUT2D eigenvalue weighted by molar-refractivity contribution is 0.0693. The number of hydrogen-bond acceptors (Lipinski definition) is 3. The lowest BCUT2D eigenvalue weighted by atomic mass is 10.2. The first-order chi connectivity index (χ1) is 10.2. The van der Waals surface area contributed by atoms with Gasteiger partial charge in [-0.2, -0.15) is 0 Å². The van der Waals surface area contributed by atoms with Crippen LogP contribution in [0.5, 0.6) is 0 Å². The van der Waals surface area contributed by atoms with E-state index in [0.29, 0.717) is 18.2 Å². The number of carbonyl (C=O) groups is 1. The van der Waals surface area contributed by atoms with Crippen LogP contribution >= 0.6 is 0 Å². The molecular weight excluding hydrogens is 323 g/mol. The number of benzene rings is 2. The zero-order valence-electron chi connectivity index (χ0n) is 10.7. The molecule has 0 amide bonds. The summed E-state index contributed by atoms with van der Waals surface area (Å²) in [7, 11) is -4.49. The van der Waals surface area contributed by atoms with Crippen LogP contribution in [-0.4, -0.2) is 19.5 Å². The predicted octanol–water partition coefficient (Wildman–Crippen LogP) is 2.60. The van der Waals surface area contributed by atoms with Crippen LogP contribution in [0.1, 0.15) is 10.4 Å². The zero-order chi connectivity index (χ0) is 16.5. The fourth-order valence-corrected chi connectivity index (χ4v) is 2.83. The Morgan fingerprint density at radius 1 is 1.05 bits per heavy atom. The molecule has 116 valence electrons. The van der Waals surface area contributed by atoms with Gasteiger partial charge in [-0.05, 0) is 24.3 Å². The first kappa shape index (κ1) is 15.8. The van der Waals surface area contributed by atoms with E-state index in [9.17, 15) is 26.4 Å². The minimum atomic E-state index is -4.49. The van der Waals surface area contributed by atoms with Gasteiger partial charge in [-0.15, -0.1) is 0 Å². The Morgan fingerprint density at radius 3 is 2.18 bits per heavy atom. The van der Waals surface area contributed by atoms with E-state index in [1.165, 1.54) is 0 Å². The molecule has 9 heteroatoms. The van der Waals surface area contributed by atoms with Crippen molar-refractivity contribution in [3.05, 3.63) is 59.4 Å². The average Bonchev–Trinajstić information content (AvgIpc) is 2.36. The molecular formula is C13H8F3NO4S. The summed E-state index contributed by atoms with van der Waals surface area (Å²) < 4.78 is 65.5. The lowest BCUT2D eigenvalue weighted by Crippen LogP contribution is -2.17. The number of anilines is 1. The Kier molecular flexibility index (Phi) is 4.09. The summed E-state index contributed by atoms with van der Waals surface area (Å²) in [5, 5.41) is 8.91. The fourth-order valence-electron chi connectivity index (χ4n) is 1.71. The van der Waals surface area contributed by atoms with Gasteiger partial charge in [0.1, 0.15) is 23.0 Å². The molecule has 0 radical (unpaired) electrons. The molecule has 0 saturated heterocycles. The van der Waals surface area contributed by atoms with Crippen LogP contribution in [0.2, 0.25) is 0 Å². The van der Waals surface area contributed by atoms with E-state index >= 15 is 0 Å². The van der Waals surface area contributed by atoms with Crippen LogP contribution in [0.15, 0.2) is 41.3 Å². The third-order valence-electron chi connectivity index (χ3n) is 2.62. The highest BCUT2D eigenvalue weighted by Crippen LogP contribution is 2.23. The third kappa shape index (κ3) is 3.19. The molecule has 0 saturated carbocycles. The summed E-state index contributed by atoms with van der Waals surface area (Å²) in [5.41, 5.74) is -1.46. The zero-order valence-corrected chi connectivity index (χ0v) is 11.5. The van der Waals surface area contributed by atoms with E-state index in [0.717, 1.165) is 18.2 Å². The van der Waals surface area contributed by atoms with E-state index in [1.54, 1.807) is 4.72 Å². The number of carboxylic acids is 1. The van der Waals surface area contributed by atoms with Crippen LogP contribution in [0.4, 0.5) is 18.9 Å². The molecule has 0 aliphatic rings. The van der Waals surface area contributed by atoms with Crippen molar-refractivity contribution in [2.24, 2.45) is 0 Å². The molecule has 0 spiro atoms. The van der Waals surface area contributed by atoms with Gasteiger partial charge in [-0.25, -0.2) is 26.4 Å². The number of rotatable bonds is 4. The van der Waals surface area contributed by atoms with Crippen LogP contribution < -0.4 is 4.72 Å². The van der Waals surface area contributed by atoms with Gasteiger partial charge in [0.25, 0.3) is 10.0 Å². The number of nitrogens with one attached hydrogen (secondary N) is 1. The Hall–Kier alpha value is -2.55. The van der Waals surface area contributed by atoms with E-state index < -0.39 is 49.6 Å². The van der Waals surface area contributed by atoms with Crippen molar-refractivity contribution in [2.45, 2.75) is 4.90 Å². The summed E-state index contributed by atoms with van der Waals surface area (Å²) in [6.07, 6.45) is 0. The normalized spacial score (nSPS) is 11.2. The number of sulfonamides is 1. The molecule has 2 aromatic carbocycles. The second-order valence-corrected chi connectivity index (χ2v) is 5.86. The number of hydrogen-bond donors (Lipinski definition) is 2. The van der Waals surface area contributed by atoms with Crippen molar-refractivity contribution >= 4 is 21.7 Å². The molecule has 2 N–H and O–H groups in total. The molecule has 0 bridgehead atoms. The molecule has 2 aromatic rings. The van der Waals surface area contributed by atoms with Crippen molar-refractivity contribution in [3.8, 4) is 0 Å². The fraction of sp³-hybridized carbons (Fsp3) is 0. The van der Waals surface area contributed by atoms with Crippen molar-refractivity contribution in [2.75, 3.05) is 4.72 Å². The first-order valence-corrected chi connectivity index (χ1v) is 7.20. The lowest BCUT2D eigenvalue weighted by Gasteiger charge is -2.11. The molecule has 5 nitrogen and oxygen atoms in total. The standard InChI is InChI=1S/C13H8F3NO4S/c14-7-4-8(15)6-9(5-7)22(20,21)17-11-3-1-2-10(16)12(11)13(18)19/h1-6,17H,(H,18,19). The Labute approximate surface area is 123 Å². The van der Waals surface area contributed by atoms with Gasteiger partial charge >= 0.3 is 5.97 Å². The van der Waals surface area contributed by atoms with Gasteiger partial charge in [0, 0.05) is 6.07 Å². The molecule has 0 unspecified atom stereocenters. The van der Waals surface area contributed by atoms with Crippen molar-refractivity contribution < 1.29 is 31.5 Å². The van der Waals surface area contributed by atoms with E-state index in [1.807, 2.05) is 0 Å². The topological polar surface area (TPSA) is 83.5 Å². The maximum absolute atomic E-state index is 13.5. The third-order valence-corrected chi connectivity index (χ3v) is 3.96. The molecule has 0 aliphatic carbocycles. The Morgan fingerprint density at radius 2 is 1.64 bits per heavy atom. The number of aromatic carboxylic acids is 1. The Balaban J connectivity index is 2.50. The molecule has 2 rings (SSSR count). The van der Waals surface area contributed by atoms with Crippen LogP contribution in [-0.2, 0) is 10.0 Å². The van der Waals surface area contributed by atoms with Gasteiger partial charge < -0.3 is 5.11 Å². The summed E-state index contributed by atoms with van der Waals surface area (Å²) in [5.74, 6) is -5.10. The maximum atomic E-state index is 13.5. The second kappa shape index (κ2) is 5.68. The minimum Gasteiger partial charge on any atom is -0.478 e. The summed E-state index contributed by atoms with van der Waals surface area (Å²) in [6.45, 7) is 0. The van der Waals surface area contributed by atoms with Gasteiger partial charge in [0.2, 0.25) is 0 Å². The SMILES string of the molecule is O=C(O)c1c(F)cccc1NS(=O)(=O)c1cc(F)cc(F)c1. The average molecular weight is 331 g/mol. The smallest absolute Gasteiger partial charge is 0.340 e. The van der Waals surface area contributed by atoms with Crippen LogP contribution in [0.25, 0.3) is 0 Å². The quantitative estimate of drug-likeness (QED) is 0.902. The highest BCUT2D eigenvalue weighted by Gasteiger charge is 2.22. The molecule has 0 aromatic heterocycles. The number of carboxylic acid groups (broad SMARTS) is 1. The van der Waals surface area contributed by atoms with E-state index in [2.05, 4.69) is 0 Å². The van der Waals surface area contributed by atoms with Gasteiger partial charge in [0.05, 0.1) is 10.6 Å². The van der Waals surface area contributed by atoms with Crippen molar-refractivity contribution in [1.82, 2.24) is 0 Å². The van der Waals surface area contributed by atoms with Gasteiger partial charge in [-0.3, -0.25) is 4.72 Å². The molecule has 0 atom stereocenters. The minimum absolute atomic E-state index is 0.476. The first-order valence-electron chi connectivity index (χ1n) is 5.71. The van der Waals surface area contributed by atoms with Crippen LogP contribution in [0, 0.1) is 17.5 Å². The second-order valence-electron chi connectivity index (χ2n) is 4.18. The monoisotopic (exact) mass is 331 g/mol. The molecule has 0 heterocycles. The molecule has 22 heavy (non-hydrogen) atoms. The highest BCUT2D eigenvalue weighted by atomic mass is 32.2. The van der Waals surface area contributed by atoms with E-state index in [4.69, 9.17) is 5.11 Å². The number of halogens is 3. The highest BCUT2D eigenvalue weighted by molar-refractivity contribution is 7.92. The van der Waals surface area contributed by atoms with Crippen LogP contribution in [0.3, 0.4) is 0 Å². The Bertz CT molecular complexity index is 832. The molecule has 0 fully saturated rings. The summed E-state index contributed by atoms with van der Waals surface area (Å²) in [6, 6.07) is 4.51. The maximum Gasteiger partial charge on any atom is 0.340 e. The largest absolute Gasteiger partial charge is 0.478 e. The predicted molar refractivity (Wildman–Crippen MR) is 70.5 cm³/mol. The van der Waals surface area contributed by atoms with Gasteiger partial charge in [0.15, 0.2) is 0 Å².